The zero-order valence-corrected chi connectivity index (χ0v) is 11.8. The standard InChI is InChI=1S/C12H22N4O3/c1-4-5-18-11-14-10(13)15-12(16-11)19-7-6-17-8-9(2)3/h9H,4-8H2,1-3H3,(H2,13,14,15,16). The summed E-state index contributed by atoms with van der Waals surface area (Å²) in [6.45, 7) is 8.25. The van der Waals surface area contributed by atoms with E-state index in [9.17, 15) is 0 Å². The van der Waals surface area contributed by atoms with Gasteiger partial charge < -0.3 is 19.9 Å². The fourth-order valence-electron chi connectivity index (χ4n) is 1.19. The van der Waals surface area contributed by atoms with E-state index in [1.807, 2.05) is 6.92 Å². The van der Waals surface area contributed by atoms with Crippen LogP contribution < -0.4 is 15.2 Å². The first-order valence-electron chi connectivity index (χ1n) is 6.46. The predicted octanol–water partition coefficient (Wildman–Crippen LogP) is 1.29. The maximum atomic E-state index is 5.55. The molecule has 0 aliphatic heterocycles. The summed E-state index contributed by atoms with van der Waals surface area (Å²) in [5.41, 5.74) is 5.55. The topological polar surface area (TPSA) is 92.4 Å². The Morgan fingerprint density at radius 1 is 1.00 bits per heavy atom. The molecule has 0 aliphatic rings. The zero-order chi connectivity index (χ0) is 14.1. The van der Waals surface area contributed by atoms with Crippen LogP contribution in [0.1, 0.15) is 27.2 Å². The monoisotopic (exact) mass is 270 g/mol. The SMILES string of the molecule is CCCOc1nc(N)nc(OCCOCC(C)C)n1. The van der Waals surface area contributed by atoms with Crippen molar-refractivity contribution in [3.63, 3.8) is 0 Å². The molecule has 0 unspecified atom stereocenters. The molecular weight excluding hydrogens is 248 g/mol. The van der Waals surface area contributed by atoms with Crippen LogP contribution in [-0.2, 0) is 4.74 Å². The lowest BCUT2D eigenvalue weighted by atomic mass is 10.2. The van der Waals surface area contributed by atoms with Gasteiger partial charge in [-0.25, -0.2) is 0 Å². The van der Waals surface area contributed by atoms with Crippen molar-refractivity contribution in [1.29, 1.82) is 0 Å². The number of nitrogens with two attached hydrogens (primary N) is 1. The normalized spacial score (nSPS) is 10.7. The second-order valence-electron chi connectivity index (χ2n) is 4.42. The summed E-state index contributed by atoms with van der Waals surface area (Å²) >= 11 is 0. The van der Waals surface area contributed by atoms with E-state index in [0.717, 1.165) is 6.42 Å². The smallest absolute Gasteiger partial charge is 0.324 e. The Morgan fingerprint density at radius 3 is 2.21 bits per heavy atom. The molecule has 0 bridgehead atoms. The van der Waals surface area contributed by atoms with Crippen LogP contribution in [0.15, 0.2) is 0 Å². The van der Waals surface area contributed by atoms with E-state index >= 15 is 0 Å². The largest absolute Gasteiger partial charge is 0.463 e. The van der Waals surface area contributed by atoms with Gasteiger partial charge in [-0.2, -0.15) is 9.97 Å². The molecule has 2 N–H and O–H groups in total. The average Bonchev–Trinajstić information content (AvgIpc) is 2.35. The first kappa shape index (κ1) is 15.4. The number of nitrogen functional groups attached to an aromatic ring is 1. The molecule has 1 rings (SSSR count). The summed E-state index contributed by atoms with van der Waals surface area (Å²) in [6.07, 6.45) is 0.866. The summed E-state index contributed by atoms with van der Waals surface area (Å²) in [4.78, 5) is 11.7. The van der Waals surface area contributed by atoms with Gasteiger partial charge in [0.2, 0.25) is 5.95 Å². The highest BCUT2D eigenvalue weighted by Crippen LogP contribution is 2.10. The van der Waals surface area contributed by atoms with E-state index in [-0.39, 0.29) is 18.0 Å². The molecule has 0 amide bonds. The minimum absolute atomic E-state index is 0.0826. The van der Waals surface area contributed by atoms with Crippen molar-refractivity contribution >= 4 is 5.95 Å². The number of nitrogens with zero attached hydrogens (tertiary/aromatic N) is 3. The Bertz CT molecular complexity index is 374. The Balaban J connectivity index is 2.38. The van der Waals surface area contributed by atoms with Gasteiger partial charge in [-0.15, -0.1) is 4.98 Å². The van der Waals surface area contributed by atoms with Gasteiger partial charge in [0.25, 0.3) is 0 Å². The second-order valence-corrected chi connectivity index (χ2v) is 4.42. The highest BCUT2D eigenvalue weighted by Gasteiger charge is 2.06. The zero-order valence-electron chi connectivity index (χ0n) is 11.8. The van der Waals surface area contributed by atoms with Crippen molar-refractivity contribution in [2.24, 2.45) is 5.92 Å². The maximum Gasteiger partial charge on any atom is 0.324 e. The van der Waals surface area contributed by atoms with Crippen molar-refractivity contribution in [3.8, 4) is 12.0 Å². The summed E-state index contributed by atoms with van der Waals surface area (Å²) in [5.74, 6) is 0.584. The van der Waals surface area contributed by atoms with Crippen LogP contribution in [0.2, 0.25) is 0 Å². The minimum Gasteiger partial charge on any atom is -0.463 e. The van der Waals surface area contributed by atoms with Gasteiger partial charge in [-0.3, -0.25) is 0 Å². The number of hydrogen-bond donors (Lipinski definition) is 1. The Morgan fingerprint density at radius 2 is 1.63 bits per heavy atom. The van der Waals surface area contributed by atoms with Crippen LogP contribution in [0.3, 0.4) is 0 Å². The Kier molecular flexibility index (Phi) is 6.88. The molecule has 19 heavy (non-hydrogen) atoms. The van der Waals surface area contributed by atoms with Crippen LogP contribution in [0.4, 0.5) is 5.95 Å². The van der Waals surface area contributed by atoms with Gasteiger partial charge in [0, 0.05) is 6.61 Å². The van der Waals surface area contributed by atoms with E-state index < -0.39 is 0 Å². The van der Waals surface area contributed by atoms with Crippen molar-refractivity contribution < 1.29 is 14.2 Å². The molecule has 0 radical (unpaired) electrons. The number of anilines is 1. The molecule has 0 fully saturated rings. The molecule has 7 heteroatoms. The average molecular weight is 270 g/mol. The van der Waals surface area contributed by atoms with Crippen molar-refractivity contribution in [2.45, 2.75) is 27.2 Å². The van der Waals surface area contributed by atoms with E-state index in [4.69, 9.17) is 19.9 Å². The van der Waals surface area contributed by atoms with E-state index in [1.54, 1.807) is 0 Å². The van der Waals surface area contributed by atoms with Crippen LogP contribution in [0.25, 0.3) is 0 Å². The van der Waals surface area contributed by atoms with Gasteiger partial charge in [0.15, 0.2) is 0 Å². The molecule has 1 aromatic rings. The van der Waals surface area contributed by atoms with Crippen molar-refractivity contribution in [3.05, 3.63) is 0 Å². The number of hydrogen-bond acceptors (Lipinski definition) is 7. The van der Waals surface area contributed by atoms with Gasteiger partial charge in [-0.05, 0) is 12.3 Å². The fraction of sp³-hybridized carbons (Fsp3) is 0.750. The molecule has 0 saturated carbocycles. The van der Waals surface area contributed by atoms with Gasteiger partial charge in [0.05, 0.1) is 13.2 Å². The highest BCUT2D eigenvalue weighted by atomic mass is 16.5. The van der Waals surface area contributed by atoms with E-state index in [2.05, 4.69) is 28.8 Å². The van der Waals surface area contributed by atoms with E-state index in [0.29, 0.717) is 32.3 Å². The maximum absolute atomic E-state index is 5.55. The van der Waals surface area contributed by atoms with Crippen LogP contribution >= 0.6 is 0 Å². The van der Waals surface area contributed by atoms with Crippen molar-refractivity contribution in [2.75, 3.05) is 32.2 Å². The van der Waals surface area contributed by atoms with Crippen LogP contribution in [0, 0.1) is 5.92 Å². The minimum atomic E-state index is 0.0826. The molecule has 1 heterocycles. The third-order valence-corrected chi connectivity index (χ3v) is 1.96. The lowest BCUT2D eigenvalue weighted by molar-refractivity contribution is 0.0788. The summed E-state index contributed by atoms with van der Waals surface area (Å²) in [5, 5.41) is 0. The first-order chi connectivity index (χ1) is 9.11. The molecule has 1 aromatic heterocycles. The number of aromatic nitrogens is 3. The molecule has 0 aromatic carbocycles. The molecular formula is C12H22N4O3. The lowest BCUT2D eigenvalue weighted by Crippen LogP contribution is -2.13. The molecule has 7 nitrogen and oxygen atoms in total. The van der Waals surface area contributed by atoms with Crippen LogP contribution in [0.5, 0.6) is 12.0 Å². The van der Waals surface area contributed by atoms with Crippen LogP contribution in [-0.4, -0.2) is 41.4 Å². The van der Waals surface area contributed by atoms with Gasteiger partial charge >= 0.3 is 12.0 Å². The van der Waals surface area contributed by atoms with E-state index in [1.165, 1.54) is 0 Å². The predicted molar refractivity (Wildman–Crippen MR) is 71.2 cm³/mol. The molecule has 0 spiro atoms. The van der Waals surface area contributed by atoms with Gasteiger partial charge in [0.1, 0.15) is 6.61 Å². The molecule has 108 valence electrons. The second kappa shape index (κ2) is 8.47. The summed E-state index contributed by atoms with van der Waals surface area (Å²) in [6, 6.07) is 0.346. The van der Waals surface area contributed by atoms with Crippen molar-refractivity contribution in [1.82, 2.24) is 15.0 Å². The number of ether oxygens (including phenoxy) is 3. The highest BCUT2D eigenvalue weighted by molar-refractivity contribution is 5.20. The third-order valence-electron chi connectivity index (χ3n) is 1.96. The molecule has 0 aliphatic carbocycles. The van der Waals surface area contributed by atoms with Gasteiger partial charge in [-0.1, -0.05) is 20.8 Å². The summed E-state index contributed by atoms with van der Waals surface area (Å²) in [7, 11) is 0. The number of rotatable bonds is 9. The Hall–Kier alpha value is -1.63. The first-order valence-corrected chi connectivity index (χ1v) is 6.46. The quantitative estimate of drug-likeness (QED) is 0.676. The summed E-state index contributed by atoms with van der Waals surface area (Å²) < 4.78 is 16.0. The third kappa shape index (κ3) is 6.76. The lowest BCUT2D eigenvalue weighted by Gasteiger charge is -2.08. The molecule has 0 atom stereocenters. The molecule has 0 saturated heterocycles. The fourth-order valence-corrected chi connectivity index (χ4v) is 1.19. The Labute approximate surface area is 113 Å².